The predicted octanol–water partition coefficient (Wildman–Crippen LogP) is 4.19. The standard InChI is InChI=1S/C19H19N3O/c1-13-21-22-19(23-13)17-8-4-5-9-18(17)20-12-15-11-10-14-6-2-3-7-16(14)15/h2-9,15,20H,10-12H2,1H3. The van der Waals surface area contributed by atoms with E-state index in [1.54, 1.807) is 0 Å². The molecule has 0 bridgehead atoms. The average Bonchev–Trinajstić information content (AvgIpc) is 3.19. The Bertz CT molecular complexity index is 825. The summed E-state index contributed by atoms with van der Waals surface area (Å²) in [4.78, 5) is 0. The SMILES string of the molecule is Cc1nnc(-c2ccccc2NCC2CCc3ccccc32)o1. The Kier molecular flexibility index (Phi) is 3.58. The van der Waals surface area contributed by atoms with Crippen LogP contribution in [0.3, 0.4) is 0 Å². The minimum atomic E-state index is 0.559. The normalized spacial score (nSPS) is 16.3. The number of fused-ring (bicyclic) bond motifs is 1. The van der Waals surface area contributed by atoms with E-state index in [1.165, 1.54) is 24.0 Å². The van der Waals surface area contributed by atoms with Crippen LogP contribution >= 0.6 is 0 Å². The highest BCUT2D eigenvalue weighted by molar-refractivity contribution is 5.72. The molecule has 0 saturated carbocycles. The van der Waals surface area contributed by atoms with Crippen molar-refractivity contribution in [1.82, 2.24) is 10.2 Å². The van der Waals surface area contributed by atoms with Gasteiger partial charge in [-0.15, -0.1) is 10.2 Å². The number of hydrogen-bond acceptors (Lipinski definition) is 4. The van der Waals surface area contributed by atoms with Gasteiger partial charge in [-0.2, -0.15) is 0 Å². The van der Waals surface area contributed by atoms with E-state index < -0.39 is 0 Å². The largest absolute Gasteiger partial charge is 0.421 e. The van der Waals surface area contributed by atoms with Gasteiger partial charge >= 0.3 is 0 Å². The quantitative estimate of drug-likeness (QED) is 0.785. The number of anilines is 1. The third kappa shape index (κ3) is 2.72. The molecule has 1 heterocycles. The molecule has 0 amide bonds. The van der Waals surface area contributed by atoms with Gasteiger partial charge in [-0.25, -0.2) is 0 Å². The first-order chi connectivity index (χ1) is 11.3. The van der Waals surface area contributed by atoms with Gasteiger partial charge in [0.2, 0.25) is 11.8 Å². The molecule has 4 heteroatoms. The summed E-state index contributed by atoms with van der Waals surface area (Å²) in [5, 5.41) is 11.6. The van der Waals surface area contributed by atoms with Crippen molar-refractivity contribution in [2.75, 3.05) is 11.9 Å². The minimum Gasteiger partial charge on any atom is -0.421 e. The summed E-state index contributed by atoms with van der Waals surface area (Å²) < 4.78 is 5.58. The van der Waals surface area contributed by atoms with Gasteiger partial charge in [-0.1, -0.05) is 36.4 Å². The second kappa shape index (κ2) is 5.88. The van der Waals surface area contributed by atoms with E-state index >= 15 is 0 Å². The number of nitrogens with one attached hydrogen (secondary N) is 1. The van der Waals surface area contributed by atoms with Crippen molar-refractivity contribution in [3.05, 3.63) is 65.5 Å². The fraction of sp³-hybridized carbons (Fsp3) is 0.263. The van der Waals surface area contributed by atoms with Crippen molar-refractivity contribution in [3.8, 4) is 11.5 Å². The van der Waals surface area contributed by atoms with E-state index in [1.807, 2.05) is 25.1 Å². The highest BCUT2D eigenvalue weighted by atomic mass is 16.4. The van der Waals surface area contributed by atoms with Crippen LogP contribution in [-0.4, -0.2) is 16.7 Å². The molecule has 3 aromatic rings. The Hall–Kier alpha value is -2.62. The molecule has 4 nitrogen and oxygen atoms in total. The van der Waals surface area contributed by atoms with Crippen molar-refractivity contribution < 1.29 is 4.42 Å². The average molecular weight is 305 g/mol. The molecule has 0 aliphatic heterocycles. The zero-order chi connectivity index (χ0) is 15.6. The van der Waals surface area contributed by atoms with Gasteiger partial charge in [-0.05, 0) is 36.1 Å². The summed E-state index contributed by atoms with van der Waals surface area (Å²) in [7, 11) is 0. The molecule has 2 aromatic carbocycles. The maximum Gasteiger partial charge on any atom is 0.249 e. The molecule has 0 saturated heterocycles. The number of nitrogens with zero attached hydrogens (tertiary/aromatic N) is 2. The first-order valence-corrected chi connectivity index (χ1v) is 8.02. The Morgan fingerprint density at radius 1 is 1.09 bits per heavy atom. The zero-order valence-electron chi connectivity index (χ0n) is 13.1. The minimum absolute atomic E-state index is 0.559. The van der Waals surface area contributed by atoms with Crippen LogP contribution in [0.25, 0.3) is 11.5 Å². The molecule has 1 unspecified atom stereocenters. The number of para-hydroxylation sites is 1. The van der Waals surface area contributed by atoms with Crippen LogP contribution in [-0.2, 0) is 6.42 Å². The molecule has 0 fully saturated rings. The summed E-state index contributed by atoms with van der Waals surface area (Å²) in [6.07, 6.45) is 2.38. The van der Waals surface area contributed by atoms with Crippen molar-refractivity contribution in [3.63, 3.8) is 0 Å². The smallest absolute Gasteiger partial charge is 0.249 e. The lowest BCUT2D eigenvalue weighted by Crippen LogP contribution is -2.11. The van der Waals surface area contributed by atoms with Gasteiger partial charge in [-0.3, -0.25) is 0 Å². The van der Waals surface area contributed by atoms with E-state index in [2.05, 4.69) is 45.8 Å². The monoisotopic (exact) mass is 305 g/mol. The van der Waals surface area contributed by atoms with E-state index in [-0.39, 0.29) is 0 Å². The van der Waals surface area contributed by atoms with Crippen LogP contribution in [0.2, 0.25) is 0 Å². The van der Waals surface area contributed by atoms with Crippen LogP contribution in [0.5, 0.6) is 0 Å². The molecular formula is C19H19N3O. The van der Waals surface area contributed by atoms with Crippen molar-refractivity contribution in [2.45, 2.75) is 25.7 Å². The number of rotatable bonds is 4. The Labute approximate surface area is 135 Å². The summed E-state index contributed by atoms with van der Waals surface area (Å²) >= 11 is 0. The van der Waals surface area contributed by atoms with E-state index in [0.29, 0.717) is 17.7 Å². The predicted molar refractivity (Wildman–Crippen MR) is 90.5 cm³/mol. The molecule has 116 valence electrons. The summed E-state index contributed by atoms with van der Waals surface area (Å²) in [6.45, 7) is 2.73. The molecule has 0 radical (unpaired) electrons. The zero-order valence-corrected chi connectivity index (χ0v) is 13.1. The maximum atomic E-state index is 5.58. The summed E-state index contributed by atoms with van der Waals surface area (Å²) in [5.41, 5.74) is 4.96. The lowest BCUT2D eigenvalue weighted by molar-refractivity contribution is 0.533. The molecule has 1 aliphatic carbocycles. The van der Waals surface area contributed by atoms with Gasteiger partial charge in [0, 0.05) is 25.1 Å². The third-order valence-corrected chi connectivity index (χ3v) is 4.48. The fourth-order valence-electron chi connectivity index (χ4n) is 3.32. The summed E-state index contributed by atoms with van der Waals surface area (Å²) in [5.74, 6) is 1.71. The maximum absolute atomic E-state index is 5.58. The number of aromatic nitrogens is 2. The molecule has 1 N–H and O–H groups in total. The first kappa shape index (κ1) is 14.0. The number of benzene rings is 2. The topological polar surface area (TPSA) is 51.0 Å². The van der Waals surface area contributed by atoms with Crippen LogP contribution < -0.4 is 5.32 Å². The molecular weight excluding hydrogens is 286 g/mol. The number of aryl methyl sites for hydroxylation is 2. The van der Waals surface area contributed by atoms with Crippen molar-refractivity contribution in [1.29, 1.82) is 0 Å². The van der Waals surface area contributed by atoms with Gasteiger partial charge in [0.05, 0.1) is 5.56 Å². The lowest BCUT2D eigenvalue weighted by Gasteiger charge is -2.15. The lowest BCUT2D eigenvalue weighted by atomic mass is 10.0. The molecule has 1 atom stereocenters. The van der Waals surface area contributed by atoms with Crippen LogP contribution in [0.1, 0.15) is 29.4 Å². The van der Waals surface area contributed by atoms with Gasteiger partial charge in [0.1, 0.15) is 0 Å². The van der Waals surface area contributed by atoms with E-state index in [9.17, 15) is 0 Å². The highest BCUT2D eigenvalue weighted by Gasteiger charge is 2.22. The molecule has 23 heavy (non-hydrogen) atoms. The highest BCUT2D eigenvalue weighted by Crippen LogP contribution is 2.34. The molecule has 4 rings (SSSR count). The molecule has 1 aliphatic rings. The number of hydrogen-bond donors (Lipinski definition) is 1. The van der Waals surface area contributed by atoms with Crippen LogP contribution in [0.4, 0.5) is 5.69 Å². The summed E-state index contributed by atoms with van der Waals surface area (Å²) in [6, 6.07) is 16.8. The molecule has 1 aromatic heterocycles. The Morgan fingerprint density at radius 3 is 2.78 bits per heavy atom. The third-order valence-electron chi connectivity index (χ3n) is 4.48. The fourth-order valence-corrected chi connectivity index (χ4v) is 3.32. The second-order valence-corrected chi connectivity index (χ2v) is 5.99. The van der Waals surface area contributed by atoms with Gasteiger partial charge in [0.25, 0.3) is 0 Å². The Balaban J connectivity index is 1.54. The van der Waals surface area contributed by atoms with Gasteiger partial charge < -0.3 is 9.73 Å². The second-order valence-electron chi connectivity index (χ2n) is 5.99. The van der Waals surface area contributed by atoms with Crippen LogP contribution in [0.15, 0.2) is 52.9 Å². The van der Waals surface area contributed by atoms with Crippen molar-refractivity contribution >= 4 is 5.69 Å². The molecule has 0 spiro atoms. The van der Waals surface area contributed by atoms with Gasteiger partial charge in [0.15, 0.2) is 0 Å². The van der Waals surface area contributed by atoms with Crippen LogP contribution in [0, 0.1) is 6.92 Å². The Morgan fingerprint density at radius 2 is 1.91 bits per heavy atom. The first-order valence-electron chi connectivity index (χ1n) is 8.02. The van der Waals surface area contributed by atoms with E-state index in [4.69, 9.17) is 4.42 Å². The van der Waals surface area contributed by atoms with Crippen molar-refractivity contribution in [2.24, 2.45) is 0 Å². The van der Waals surface area contributed by atoms with E-state index in [0.717, 1.165) is 17.8 Å².